The predicted molar refractivity (Wildman–Crippen MR) is 104 cm³/mol. The third kappa shape index (κ3) is 4.84. The van der Waals surface area contributed by atoms with Gasteiger partial charge >= 0.3 is 5.97 Å². The van der Waals surface area contributed by atoms with E-state index in [1.165, 1.54) is 0 Å². The number of aryl methyl sites for hydroxylation is 1. The van der Waals surface area contributed by atoms with Crippen LogP contribution in [-0.4, -0.2) is 27.3 Å². The predicted octanol–water partition coefficient (Wildman–Crippen LogP) is 4.09. The Kier molecular flexibility index (Phi) is 6.06. The quantitative estimate of drug-likeness (QED) is 0.561. The maximum absolute atomic E-state index is 11.6. The largest absolute Gasteiger partial charge is 0.470 e. The molecule has 0 unspecified atom stereocenters. The van der Waals surface area contributed by atoms with E-state index in [0.29, 0.717) is 31.9 Å². The summed E-state index contributed by atoms with van der Waals surface area (Å²) in [4.78, 5) is 16.2. The first-order valence-corrected chi connectivity index (χ1v) is 9.28. The number of para-hydroxylation sites is 1. The van der Waals surface area contributed by atoms with Crippen LogP contribution in [0.2, 0.25) is 0 Å². The fourth-order valence-corrected chi connectivity index (χ4v) is 2.91. The second-order valence-corrected chi connectivity index (χ2v) is 6.60. The number of nitrogens with zero attached hydrogens (tertiary/aromatic N) is 3. The van der Waals surface area contributed by atoms with Gasteiger partial charge in [-0.2, -0.15) is 0 Å². The Bertz CT molecular complexity index is 918. The highest BCUT2D eigenvalue weighted by Gasteiger charge is 2.14. The van der Waals surface area contributed by atoms with Crippen molar-refractivity contribution in [2.45, 2.75) is 46.3 Å². The van der Waals surface area contributed by atoms with E-state index in [2.05, 4.69) is 23.9 Å². The minimum absolute atomic E-state index is 0.179. The Morgan fingerprint density at radius 3 is 2.78 bits per heavy atom. The number of pyridine rings is 1. The number of ether oxygens (including phenoxy) is 2. The third-order valence-corrected chi connectivity index (χ3v) is 4.19. The van der Waals surface area contributed by atoms with Crippen molar-refractivity contribution in [3.05, 3.63) is 53.9 Å². The minimum Gasteiger partial charge on any atom is -0.470 e. The zero-order chi connectivity index (χ0) is 19.2. The molecule has 6 nitrogen and oxygen atoms in total. The average molecular weight is 367 g/mol. The van der Waals surface area contributed by atoms with Crippen LogP contribution in [0.25, 0.3) is 10.9 Å². The number of fused-ring (bicyclic) bond motifs is 1. The molecule has 142 valence electrons. The highest BCUT2D eigenvalue weighted by atomic mass is 16.5. The van der Waals surface area contributed by atoms with Crippen LogP contribution in [0, 0.1) is 0 Å². The molecule has 0 radical (unpaired) electrons. The summed E-state index contributed by atoms with van der Waals surface area (Å²) in [5.74, 6) is 0.342. The fourth-order valence-electron chi connectivity index (χ4n) is 2.91. The topological polar surface area (TPSA) is 66.2 Å². The lowest BCUT2D eigenvalue weighted by molar-refractivity contribution is -0.143. The summed E-state index contributed by atoms with van der Waals surface area (Å²) in [5.41, 5.74) is 2.75. The highest BCUT2D eigenvalue weighted by Crippen LogP contribution is 2.20. The number of esters is 1. The molecule has 0 spiro atoms. The van der Waals surface area contributed by atoms with Crippen molar-refractivity contribution in [3.63, 3.8) is 0 Å². The molecule has 2 aromatic heterocycles. The number of carbonyl (C=O) groups excluding carboxylic acids is 1. The van der Waals surface area contributed by atoms with E-state index in [0.717, 1.165) is 22.3 Å². The van der Waals surface area contributed by atoms with Gasteiger partial charge in [0, 0.05) is 23.2 Å². The smallest absolute Gasteiger partial charge is 0.306 e. The van der Waals surface area contributed by atoms with Crippen LogP contribution in [0.4, 0.5) is 0 Å². The molecule has 0 saturated carbocycles. The maximum Gasteiger partial charge on any atom is 0.306 e. The van der Waals surface area contributed by atoms with Gasteiger partial charge in [-0.05, 0) is 39.3 Å². The molecule has 0 aliphatic rings. The standard InChI is InChI=1S/C21H25N3O3/c1-4-26-21(25)12-11-18-13-20(23-24(18)15(2)3)27-14-17-10-9-16-7-5-6-8-19(16)22-17/h5-10,13,15H,4,11-12,14H2,1-3H3. The van der Waals surface area contributed by atoms with Crippen molar-refractivity contribution in [2.75, 3.05) is 6.61 Å². The number of rotatable bonds is 8. The van der Waals surface area contributed by atoms with Gasteiger partial charge in [0.15, 0.2) is 0 Å². The van der Waals surface area contributed by atoms with Gasteiger partial charge in [-0.25, -0.2) is 4.98 Å². The summed E-state index contributed by atoms with van der Waals surface area (Å²) in [6, 6.07) is 14.1. The Balaban J connectivity index is 1.68. The molecule has 0 saturated heterocycles. The van der Waals surface area contributed by atoms with Crippen molar-refractivity contribution >= 4 is 16.9 Å². The van der Waals surface area contributed by atoms with Crippen LogP contribution >= 0.6 is 0 Å². The van der Waals surface area contributed by atoms with Gasteiger partial charge in [0.05, 0.1) is 24.2 Å². The van der Waals surface area contributed by atoms with Crippen LogP contribution in [0.3, 0.4) is 0 Å². The first kappa shape index (κ1) is 18.9. The Morgan fingerprint density at radius 2 is 2.00 bits per heavy atom. The van der Waals surface area contributed by atoms with Crippen molar-refractivity contribution < 1.29 is 14.3 Å². The van der Waals surface area contributed by atoms with Crippen LogP contribution < -0.4 is 4.74 Å². The first-order chi connectivity index (χ1) is 13.1. The molecule has 27 heavy (non-hydrogen) atoms. The number of benzene rings is 1. The van der Waals surface area contributed by atoms with Crippen molar-refractivity contribution in [2.24, 2.45) is 0 Å². The number of aromatic nitrogens is 3. The van der Waals surface area contributed by atoms with Crippen LogP contribution in [0.1, 0.15) is 44.6 Å². The van der Waals surface area contributed by atoms with E-state index in [4.69, 9.17) is 9.47 Å². The van der Waals surface area contributed by atoms with Crippen molar-refractivity contribution in [1.29, 1.82) is 0 Å². The lowest BCUT2D eigenvalue weighted by Gasteiger charge is -2.10. The van der Waals surface area contributed by atoms with Gasteiger partial charge in [0.25, 0.3) is 0 Å². The summed E-state index contributed by atoms with van der Waals surface area (Å²) >= 11 is 0. The molecule has 0 N–H and O–H groups in total. The SMILES string of the molecule is CCOC(=O)CCc1cc(OCc2ccc3ccccc3n2)nn1C(C)C. The summed E-state index contributed by atoms with van der Waals surface area (Å²) in [5, 5.41) is 5.63. The summed E-state index contributed by atoms with van der Waals surface area (Å²) in [6.45, 7) is 6.65. The van der Waals surface area contributed by atoms with Crippen molar-refractivity contribution in [1.82, 2.24) is 14.8 Å². The molecular weight excluding hydrogens is 342 g/mol. The zero-order valence-corrected chi connectivity index (χ0v) is 16.0. The molecule has 0 aliphatic carbocycles. The molecule has 0 amide bonds. The maximum atomic E-state index is 11.6. The lowest BCUT2D eigenvalue weighted by Crippen LogP contribution is -2.11. The molecule has 2 heterocycles. The first-order valence-electron chi connectivity index (χ1n) is 9.28. The molecule has 3 aromatic rings. The molecule has 0 aliphatic heterocycles. The normalized spacial score (nSPS) is 11.1. The average Bonchev–Trinajstić information content (AvgIpc) is 3.08. The van der Waals surface area contributed by atoms with Crippen LogP contribution in [-0.2, 0) is 22.6 Å². The molecule has 1 aromatic carbocycles. The van der Waals surface area contributed by atoms with Gasteiger partial charge in [0.2, 0.25) is 5.88 Å². The van der Waals surface area contributed by atoms with Gasteiger partial charge < -0.3 is 9.47 Å². The van der Waals surface area contributed by atoms with E-state index < -0.39 is 0 Å². The van der Waals surface area contributed by atoms with Gasteiger partial charge in [0.1, 0.15) is 6.61 Å². The zero-order valence-electron chi connectivity index (χ0n) is 16.0. The van der Waals surface area contributed by atoms with Gasteiger partial charge in [-0.1, -0.05) is 24.3 Å². The molecule has 0 fully saturated rings. The van der Waals surface area contributed by atoms with Crippen molar-refractivity contribution in [3.8, 4) is 5.88 Å². The molecule has 0 atom stereocenters. The number of hydrogen-bond acceptors (Lipinski definition) is 5. The third-order valence-electron chi connectivity index (χ3n) is 4.19. The van der Waals surface area contributed by atoms with E-state index >= 15 is 0 Å². The minimum atomic E-state index is -0.197. The molecular formula is C21H25N3O3. The Labute approximate surface area is 159 Å². The monoisotopic (exact) mass is 367 g/mol. The summed E-state index contributed by atoms with van der Waals surface area (Å²) in [6.07, 6.45) is 0.902. The summed E-state index contributed by atoms with van der Waals surface area (Å²) in [7, 11) is 0. The number of hydrogen-bond donors (Lipinski definition) is 0. The molecule has 6 heteroatoms. The highest BCUT2D eigenvalue weighted by molar-refractivity contribution is 5.78. The number of carbonyl (C=O) groups is 1. The second-order valence-electron chi connectivity index (χ2n) is 6.60. The van der Waals surface area contributed by atoms with Crippen LogP contribution in [0.5, 0.6) is 5.88 Å². The van der Waals surface area contributed by atoms with E-state index in [9.17, 15) is 4.79 Å². The summed E-state index contributed by atoms with van der Waals surface area (Å²) < 4.78 is 12.8. The van der Waals surface area contributed by atoms with Gasteiger partial charge in [-0.3, -0.25) is 9.48 Å². The second kappa shape index (κ2) is 8.66. The van der Waals surface area contributed by atoms with E-state index in [1.54, 1.807) is 0 Å². The Morgan fingerprint density at radius 1 is 1.19 bits per heavy atom. The molecule has 3 rings (SSSR count). The fraction of sp³-hybridized carbons (Fsp3) is 0.381. The molecule has 0 bridgehead atoms. The Hall–Kier alpha value is -2.89. The van der Waals surface area contributed by atoms with E-state index in [1.807, 2.05) is 54.1 Å². The lowest BCUT2D eigenvalue weighted by atomic mass is 10.2. The van der Waals surface area contributed by atoms with E-state index in [-0.39, 0.29) is 12.0 Å². The van der Waals surface area contributed by atoms with Crippen LogP contribution in [0.15, 0.2) is 42.5 Å². The van der Waals surface area contributed by atoms with Gasteiger partial charge in [-0.15, -0.1) is 5.10 Å².